The van der Waals surface area contributed by atoms with Crippen molar-refractivity contribution in [2.24, 2.45) is 0 Å². The molecule has 1 aromatic heterocycles. The van der Waals surface area contributed by atoms with Gasteiger partial charge in [0.1, 0.15) is 0 Å². The molecule has 0 saturated carbocycles. The third-order valence-corrected chi connectivity index (χ3v) is 4.29. The predicted octanol–water partition coefficient (Wildman–Crippen LogP) is 3.73. The lowest BCUT2D eigenvalue weighted by Crippen LogP contribution is -2.11. The van der Waals surface area contributed by atoms with Gasteiger partial charge in [0.25, 0.3) is 5.91 Å². The van der Waals surface area contributed by atoms with Gasteiger partial charge in [0, 0.05) is 15.3 Å². The van der Waals surface area contributed by atoms with Crippen molar-refractivity contribution in [1.29, 1.82) is 0 Å². The summed E-state index contributed by atoms with van der Waals surface area (Å²) in [5.41, 5.74) is 1.63. The lowest BCUT2D eigenvalue weighted by Gasteiger charge is -2.03. The molecule has 1 aromatic carbocycles. The monoisotopic (exact) mass is 278 g/mol. The predicted molar refractivity (Wildman–Crippen MR) is 77.8 cm³/mol. The van der Waals surface area contributed by atoms with Gasteiger partial charge in [-0.2, -0.15) is 0 Å². The third-order valence-electron chi connectivity index (χ3n) is 2.58. The fourth-order valence-corrected chi connectivity index (χ4v) is 2.73. The van der Waals surface area contributed by atoms with E-state index in [9.17, 15) is 4.79 Å². The van der Waals surface area contributed by atoms with Crippen molar-refractivity contribution in [1.82, 2.24) is 4.98 Å². The highest BCUT2D eigenvalue weighted by Crippen LogP contribution is 2.22. The molecule has 1 N–H and O–H groups in total. The van der Waals surface area contributed by atoms with E-state index in [2.05, 4.69) is 10.3 Å². The van der Waals surface area contributed by atoms with Gasteiger partial charge in [0.2, 0.25) is 0 Å². The maximum Gasteiger partial charge on any atom is 0.257 e. The van der Waals surface area contributed by atoms with Crippen molar-refractivity contribution in [2.75, 3.05) is 11.6 Å². The van der Waals surface area contributed by atoms with Gasteiger partial charge in [-0.05, 0) is 38.3 Å². The second-order valence-corrected chi connectivity index (χ2v) is 5.93. The quantitative estimate of drug-likeness (QED) is 0.870. The van der Waals surface area contributed by atoms with E-state index in [-0.39, 0.29) is 5.91 Å². The summed E-state index contributed by atoms with van der Waals surface area (Å²) in [6, 6.07) is 7.56. The first kappa shape index (κ1) is 13.1. The van der Waals surface area contributed by atoms with Crippen LogP contribution in [0.25, 0.3) is 0 Å². The molecule has 94 valence electrons. The zero-order valence-corrected chi connectivity index (χ0v) is 12.1. The summed E-state index contributed by atoms with van der Waals surface area (Å²) in [4.78, 5) is 18.6. The fourth-order valence-electron chi connectivity index (χ4n) is 1.46. The first-order valence-electron chi connectivity index (χ1n) is 5.49. The van der Waals surface area contributed by atoms with E-state index in [1.165, 1.54) is 11.3 Å². The first-order valence-corrected chi connectivity index (χ1v) is 7.53. The summed E-state index contributed by atoms with van der Waals surface area (Å²) in [6.45, 7) is 3.94. The van der Waals surface area contributed by atoms with E-state index in [1.54, 1.807) is 11.8 Å². The molecule has 0 aliphatic heterocycles. The van der Waals surface area contributed by atoms with Crippen LogP contribution in [-0.4, -0.2) is 17.1 Å². The van der Waals surface area contributed by atoms with Crippen LogP contribution in [0.5, 0.6) is 0 Å². The van der Waals surface area contributed by atoms with E-state index in [0.29, 0.717) is 10.7 Å². The van der Waals surface area contributed by atoms with Crippen LogP contribution in [0.2, 0.25) is 0 Å². The summed E-state index contributed by atoms with van der Waals surface area (Å²) in [5.74, 6) is -0.111. The minimum absolute atomic E-state index is 0.111. The molecule has 18 heavy (non-hydrogen) atoms. The van der Waals surface area contributed by atoms with Gasteiger partial charge in [-0.15, -0.1) is 23.1 Å². The summed E-state index contributed by atoms with van der Waals surface area (Å²) >= 11 is 3.12. The van der Waals surface area contributed by atoms with Gasteiger partial charge >= 0.3 is 0 Å². The molecular formula is C13H14N2OS2. The number of hydrogen-bond donors (Lipinski definition) is 1. The number of carbonyl (C=O) groups is 1. The minimum atomic E-state index is -0.111. The molecule has 0 unspecified atom stereocenters. The number of carbonyl (C=O) groups excluding carboxylic acids is 1. The van der Waals surface area contributed by atoms with E-state index in [4.69, 9.17) is 0 Å². The van der Waals surface area contributed by atoms with Crippen LogP contribution >= 0.6 is 23.1 Å². The van der Waals surface area contributed by atoms with Crippen molar-refractivity contribution in [3.8, 4) is 0 Å². The third kappa shape index (κ3) is 2.91. The number of thioether (sulfide) groups is 1. The number of thiazole rings is 1. The number of nitrogens with zero attached hydrogens (tertiary/aromatic N) is 1. The Kier molecular flexibility index (Phi) is 4.04. The molecule has 0 bridgehead atoms. The average Bonchev–Trinajstić information content (AvgIpc) is 2.68. The summed E-state index contributed by atoms with van der Waals surface area (Å²) in [7, 11) is 0. The highest BCUT2D eigenvalue weighted by molar-refractivity contribution is 7.98. The Balaban J connectivity index is 2.16. The highest BCUT2D eigenvalue weighted by atomic mass is 32.2. The Morgan fingerprint density at radius 3 is 2.78 bits per heavy atom. The number of benzene rings is 1. The fraction of sp³-hybridized carbons (Fsp3) is 0.231. The molecule has 2 rings (SSSR count). The maximum absolute atomic E-state index is 12.0. The Morgan fingerprint density at radius 1 is 1.39 bits per heavy atom. The Bertz CT molecular complexity index is 559. The summed E-state index contributed by atoms with van der Waals surface area (Å²) in [5, 5.41) is 3.49. The van der Waals surface area contributed by atoms with Gasteiger partial charge < -0.3 is 0 Å². The lowest BCUT2D eigenvalue weighted by atomic mass is 10.2. The lowest BCUT2D eigenvalue weighted by molar-refractivity contribution is 0.102. The van der Waals surface area contributed by atoms with Crippen molar-refractivity contribution in [3.05, 3.63) is 40.4 Å². The molecule has 0 fully saturated rings. The average molecular weight is 278 g/mol. The van der Waals surface area contributed by atoms with Crippen LogP contribution in [0.15, 0.2) is 29.2 Å². The van der Waals surface area contributed by atoms with Gasteiger partial charge in [-0.3, -0.25) is 10.1 Å². The second-order valence-electron chi connectivity index (χ2n) is 3.85. The Labute approximate surface area is 115 Å². The van der Waals surface area contributed by atoms with E-state index < -0.39 is 0 Å². The first-order chi connectivity index (χ1) is 8.60. The smallest absolute Gasteiger partial charge is 0.257 e. The molecule has 0 atom stereocenters. The number of anilines is 1. The molecule has 1 amide bonds. The zero-order valence-electron chi connectivity index (χ0n) is 10.5. The molecule has 0 saturated heterocycles. The SMILES string of the molecule is CSc1cccc(C(=O)Nc2nc(C)c(C)s2)c1. The van der Waals surface area contributed by atoms with Crippen LogP contribution in [0.1, 0.15) is 20.9 Å². The molecule has 0 aliphatic rings. The summed E-state index contributed by atoms with van der Waals surface area (Å²) < 4.78 is 0. The summed E-state index contributed by atoms with van der Waals surface area (Å²) in [6.07, 6.45) is 1.99. The highest BCUT2D eigenvalue weighted by Gasteiger charge is 2.10. The number of hydrogen-bond acceptors (Lipinski definition) is 4. The van der Waals surface area contributed by atoms with Crippen LogP contribution in [0.4, 0.5) is 5.13 Å². The number of aromatic nitrogens is 1. The zero-order chi connectivity index (χ0) is 13.1. The molecule has 2 aromatic rings. The van der Waals surface area contributed by atoms with Gasteiger partial charge in [0.15, 0.2) is 5.13 Å². The van der Waals surface area contributed by atoms with E-state index >= 15 is 0 Å². The molecular weight excluding hydrogens is 264 g/mol. The van der Waals surface area contributed by atoms with Crippen LogP contribution in [0, 0.1) is 13.8 Å². The van der Waals surface area contributed by atoms with Crippen molar-refractivity contribution < 1.29 is 4.79 Å². The number of rotatable bonds is 3. The van der Waals surface area contributed by atoms with Gasteiger partial charge in [0.05, 0.1) is 5.69 Å². The molecule has 3 nitrogen and oxygen atoms in total. The largest absolute Gasteiger partial charge is 0.298 e. The topological polar surface area (TPSA) is 42.0 Å². The molecule has 0 aliphatic carbocycles. The van der Waals surface area contributed by atoms with Gasteiger partial charge in [-0.1, -0.05) is 6.07 Å². The van der Waals surface area contributed by atoms with Gasteiger partial charge in [-0.25, -0.2) is 4.98 Å². The Hall–Kier alpha value is -1.33. The van der Waals surface area contributed by atoms with Crippen molar-refractivity contribution in [3.63, 3.8) is 0 Å². The maximum atomic E-state index is 12.0. The standard InChI is InChI=1S/C13H14N2OS2/c1-8-9(2)18-13(14-8)15-12(16)10-5-4-6-11(7-10)17-3/h4-7H,1-3H3,(H,14,15,16). The van der Waals surface area contributed by atoms with Crippen LogP contribution in [-0.2, 0) is 0 Å². The van der Waals surface area contributed by atoms with E-state index in [0.717, 1.165) is 15.5 Å². The molecule has 5 heteroatoms. The van der Waals surface area contributed by atoms with E-state index in [1.807, 2.05) is 44.4 Å². The number of aryl methyl sites for hydroxylation is 2. The number of nitrogens with one attached hydrogen (secondary N) is 1. The second kappa shape index (κ2) is 5.54. The Morgan fingerprint density at radius 2 is 2.17 bits per heavy atom. The number of amides is 1. The minimum Gasteiger partial charge on any atom is -0.298 e. The van der Waals surface area contributed by atoms with Crippen LogP contribution in [0.3, 0.4) is 0 Å². The molecule has 1 heterocycles. The normalized spacial score (nSPS) is 10.4. The van der Waals surface area contributed by atoms with Crippen molar-refractivity contribution >= 4 is 34.1 Å². The molecule has 0 spiro atoms. The van der Waals surface area contributed by atoms with Crippen LogP contribution < -0.4 is 5.32 Å². The molecule has 0 radical (unpaired) electrons. The van der Waals surface area contributed by atoms with Crippen molar-refractivity contribution in [2.45, 2.75) is 18.7 Å².